The third kappa shape index (κ3) is 5.16. The number of rotatable bonds is 6. The van der Waals surface area contributed by atoms with Gasteiger partial charge in [-0.3, -0.25) is 0 Å². The highest BCUT2D eigenvalue weighted by Crippen LogP contribution is 2.29. The van der Waals surface area contributed by atoms with E-state index in [0.717, 1.165) is 23.3 Å². The Morgan fingerprint density at radius 1 is 0.750 bits per heavy atom. The van der Waals surface area contributed by atoms with E-state index in [0.29, 0.717) is 18.5 Å². The van der Waals surface area contributed by atoms with Crippen molar-refractivity contribution >= 4 is 0 Å². The molecule has 28 heavy (non-hydrogen) atoms. The van der Waals surface area contributed by atoms with E-state index in [4.69, 9.17) is 0 Å². The Morgan fingerprint density at radius 2 is 1.29 bits per heavy atom. The molecule has 3 aromatic rings. The Bertz CT molecular complexity index is 856. The average Bonchev–Trinajstić information content (AvgIpc) is 2.67. The summed E-state index contributed by atoms with van der Waals surface area (Å²) in [7, 11) is 0. The van der Waals surface area contributed by atoms with Crippen LogP contribution >= 0.6 is 0 Å². The normalized spacial score (nSPS) is 11.8. The quantitative estimate of drug-likeness (QED) is 0.516. The molecule has 0 aliphatic rings. The van der Waals surface area contributed by atoms with Gasteiger partial charge in [-0.15, -0.1) is 0 Å². The fraction of sp³-hybridized carbons (Fsp3) is 0.182. The van der Waals surface area contributed by atoms with Crippen LogP contribution in [0, 0.1) is 11.6 Å². The molecular weight excluding hydrogens is 373 g/mol. The van der Waals surface area contributed by atoms with Gasteiger partial charge in [-0.1, -0.05) is 42.5 Å². The first kappa shape index (κ1) is 20.0. The molecule has 3 rings (SSSR count). The van der Waals surface area contributed by atoms with Crippen LogP contribution < -0.4 is 5.32 Å². The molecule has 0 aliphatic carbocycles. The highest BCUT2D eigenvalue weighted by atomic mass is 19.4. The van der Waals surface area contributed by atoms with Crippen molar-refractivity contribution < 1.29 is 22.0 Å². The zero-order chi connectivity index (χ0) is 20.1. The van der Waals surface area contributed by atoms with Gasteiger partial charge < -0.3 is 5.32 Å². The molecule has 1 nitrogen and oxygen atoms in total. The summed E-state index contributed by atoms with van der Waals surface area (Å²) in [5, 5.41) is 3.27. The Balaban J connectivity index is 1.75. The standard InChI is InChI=1S/C22H18F5N/c23-19-8-4-16(5-9-19)21(17-6-10-20(24)11-7-17)28-13-12-15-2-1-3-18(14-15)22(25,26)27/h1-11,14,21,28H,12-13H2. The van der Waals surface area contributed by atoms with Gasteiger partial charge >= 0.3 is 6.18 Å². The lowest BCUT2D eigenvalue weighted by Crippen LogP contribution is -2.25. The fourth-order valence-corrected chi connectivity index (χ4v) is 3.00. The minimum absolute atomic E-state index is 0.341. The summed E-state index contributed by atoms with van der Waals surface area (Å²) < 4.78 is 65.0. The predicted molar refractivity (Wildman–Crippen MR) is 97.8 cm³/mol. The van der Waals surface area contributed by atoms with E-state index in [-0.39, 0.29) is 17.7 Å². The molecule has 0 amide bonds. The number of hydrogen-bond donors (Lipinski definition) is 1. The lowest BCUT2D eigenvalue weighted by molar-refractivity contribution is -0.137. The van der Waals surface area contributed by atoms with E-state index in [2.05, 4.69) is 5.32 Å². The Kier molecular flexibility index (Phi) is 6.09. The summed E-state index contributed by atoms with van der Waals surface area (Å²) in [5.41, 5.74) is 1.42. The van der Waals surface area contributed by atoms with Crippen LogP contribution in [0.2, 0.25) is 0 Å². The third-order valence-corrected chi connectivity index (χ3v) is 4.42. The molecule has 0 unspecified atom stereocenters. The first-order chi connectivity index (χ1) is 13.3. The summed E-state index contributed by atoms with van der Waals surface area (Å²) in [6.07, 6.45) is -4.00. The fourth-order valence-electron chi connectivity index (χ4n) is 3.00. The van der Waals surface area contributed by atoms with Crippen LogP contribution in [0.15, 0.2) is 72.8 Å². The summed E-state index contributed by atoms with van der Waals surface area (Å²) in [4.78, 5) is 0. The second-order valence-corrected chi connectivity index (χ2v) is 6.44. The van der Waals surface area contributed by atoms with E-state index < -0.39 is 11.7 Å². The first-order valence-corrected chi connectivity index (χ1v) is 8.73. The van der Waals surface area contributed by atoms with Gasteiger partial charge in [0, 0.05) is 6.54 Å². The SMILES string of the molecule is Fc1ccc(C(NCCc2cccc(C(F)(F)F)c2)c2ccc(F)cc2)cc1. The molecule has 3 aromatic carbocycles. The molecule has 0 heterocycles. The van der Waals surface area contributed by atoms with Crippen molar-refractivity contribution in [2.45, 2.75) is 18.6 Å². The van der Waals surface area contributed by atoms with Crippen molar-refractivity contribution in [2.24, 2.45) is 0 Å². The molecule has 1 N–H and O–H groups in total. The number of benzene rings is 3. The molecule has 146 valence electrons. The summed E-state index contributed by atoms with van der Waals surface area (Å²) in [6, 6.07) is 16.7. The van der Waals surface area contributed by atoms with Crippen molar-refractivity contribution in [3.8, 4) is 0 Å². The van der Waals surface area contributed by atoms with E-state index >= 15 is 0 Å². The topological polar surface area (TPSA) is 12.0 Å². The molecule has 0 radical (unpaired) electrons. The van der Waals surface area contributed by atoms with Crippen molar-refractivity contribution in [3.63, 3.8) is 0 Å². The van der Waals surface area contributed by atoms with Crippen molar-refractivity contribution in [2.75, 3.05) is 6.54 Å². The van der Waals surface area contributed by atoms with Crippen LogP contribution in [0.3, 0.4) is 0 Å². The first-order valence-electron chi connectivity index (χ1n) is 8.73. The summed E-state index contributed by atoms with van der Waals surface area (Å²) >= 11 is 0. The van der Waals surface area contributed by atoms with E-state index in [1.165, 1.54) is 30.3 Å². The number of hydrogen-bond acceptors (Lipinski definition) is 1. The van der Waals surface area contributed by atoms with Gasteiger partial charge in [0.25, 0.3) is 0 Å². The van der Waals surface area contributed by atoms with E-state index in [9.17, 15) is 22.0 Å². The van der Waals surface area contributed by atoms with Crippen molar-refractivity contribution in [1.82, 2.24) is 5.32 Å². The zero-order valence-electron chi connectivity index (χ0n) is 14.8. The van der Waals surface area contributed by atoms with Crippen LogP contribution in [-0.4, -0.2) is 6.54 Å². The van der Waals surface area contributed by atoms with Gasteiger partial charge in [0.05, 0.1) is 11.6 Å². The lowest BCUT2D eigenvalue weighted by Gasteiger charge is -2.20. The summed E-state index contributed by atoms with van der Waals surface area (Å²) in [6.45, 7) is 0.390. The van der Waals surface area contributed by atoms with E-state index in [1.807, 2.05) is 0 Å². The monoisotopic (exact) mass is 391 g/mol. The smallest absolute Gasteiger partial charge is 0.306 e. The minimum atomic E-state index is -4.38. The highest BCUT2D eigenvalue weighted by molar-refractivity contribution is 5.32. The highest BCUT2D eigenvalue weighted by Gasteiger charge is 2.30. The van der Waals surface area contributed by atoms with Gasteiger partial charge in [-0.25, -0.2) is 8.78 Å². The number of alkyl halides is 3. The maximum absolute atomic E-state index is 13.3. The molecular formula is C22H18F5N. The molecule has 6 heteroatoms. The van der Waals surface area contributed by atoms with Crippen molar-refractivity contribution in [3.05, 3.63) is 107 Å². The maximum atomic E-state index is 13.3. The summed E-state index contributed by atoms with van der Waals surface area (Å²) in [5.74, 6) is -0.740. The van der Waals surface area contributed by atoms with Gasteiger partial charge in [0.2, 0.25) is 0 Å². The second kappa shape index (κ2) is 8.52. The molecule has 0 saturated heterocycles. The Labute approximate surface area is 159 Å². The Morgan fingerprint density at radius 3 is 1.79 bits per heavy atom. The molecule has 0 atom stereocenters. The predicted octanol–water partition coefficient (Wildman–Crippen LogP) is 5.91. The average molecular weight is 391 g/mol. The van der Waals surface area contributed by atoms with Crippen LogP contribution in [0.4, 0.5) is 22.0 Å². The second-order valence-electron chi connectivity index (χ2n) is 6.44. The molecule has 0 bridgehead atoms. The van der Waals surface area contributed by atoms with Gasteiger partial charge in [-0.05, 0) is 53.4 Å². The van der Waals surface area contributed by atoms with Gasteiger partial charge in [-0.2, -0.15) is 13.2 Å². The number of halogens is 5. The lowest BCUT2D eigenvalue weighted by atomic mass is 9.98. The zero-order valence-corrected chi connectivity index (χ0v) is 14.8. The number of nitrogens with one attached hydrogen (secondary N) is 1. The molecule has 0 spiro atoms. The maximum Gasteiger partial charge on any atom is 0.416 e. The van der Waals surface area contributed by atoms with Crippen LogP contribution in [0.1, 0.15) is 28.3 Å². The van der Waals surface area contributed by atoms with Crippen LogP contribution in [-0.2, 0) is 12.6 Å². The molecule has 0 aliphatic heterocycles. The molecule has 0 fully saturated rings. The van der Waals surface area contributed by atoms with Gasteiger partial charge in [0.15, 0.2) is 0 Å². The molecule has 0 aromatic heterocycles. The Hall–Kier alpha value is -2.73. The van der Waals surface area contributed by atoms with Crippen molar-refractivity contribution in [1.29, 1.82) is 0 Å². The van der Waals surface area contributed by atoms with Crippen LogP contribution in [0.25, 0.3) is 0 Å². The third-order valence-electron chi connectivity index (χ3n) is 4.42. The van der Waals surface area contributed by atoms with Crippen LogP contribution in [0.5, 0.6) is 0 Å². The minimum Gasteiger partial charge on any atom is -0.306 e. The largest absolute Gasteiger partial charge is 0.416 e. The van der Waals surface area contributed by atoms with Gasteiger partial charge in [0.1, 0.15) is 11.6 Å². The molecule has 0 saturated carbocycles. The van der Waals surface area contributed by atoms with E-state index in [1.54, 1.807) is 30.3 Å².